The summed E-state index contributed by atoms with van der Waals surface area (Å²) in [5.74, 6) is 0.0461. The van der Waals surface area contributed by atoms with Crippen molar-refractivity contribution in [3.63, 3.8) is 0 Å². The van der Waals surface area contributed by atoms with Gasteiger partial charge in [0.2, 0.25) is 0 Å². The molecular weight excluding hydrogens is 224 g/mol. The number of Topliss-reactive ketones (excluding diaryl/α,β-unsaturated/α-hetero) is 1. The lowest BCUT2D eigenvalue weighted by molar-refractivity contribution is 0.0953. The molecule has 1 aromatic rings. The van der Waals surface area contributed by atoms with Crippen LogP contribution in [-0.2, 0) is 0 Å². The molecule has 0 saturated carbocycles. The van der Waals surface area contributed by atoms with Crippen LogP contribution in [0.5, 0.6) is 0 Å². The van der Waals surface area contributed by atoms with E-state index in [2.05, 4.69) is 0 Å². The Kier molecular flexibility index (Phi) is 6.74. The number of aliphatic hydroxyl groups excluding tert-OH is 1. The van der Waals surface area contributed by atoms with E-state index in [1.54, 1.807) is 0 Å². The Labute approximate surface area is 109 Å². The molecule has 0 fully saturated rings. The molecule has 0 aliphatic heterocycles. The van der Waals surface area contributed by atoms with Crippen molar-refractivity contribution in [2.75, 3.05) is 6.61 Å². The lowest BCUT2D eigenvalue weighted by Gasteiger charge is -2.04. The molecule has 2 heteroatoms. The molecule has 0 radical (unpaired) electrons. The van der Waals surface area contributed by atoms with Gasteiger partial charge in [0.25, 0.3) is 0 Å². The van der Waals surface area contributed by atoms with E-state index < -0.39 is 0 Å². The van der Waals surface area contributed by atoms with Crippen LogP contribution in [0.3, 0.4) is 0 Å². The Bertz CT molecular complexity index is 404. The second-order valence-corrected chi connectivity index (χ2v) is 4.17. The average Bonchev–Trinajstić information content (AvgIpc) is 2.42. The molecule has 1 N–H and O–H groups in total. The first-order chi connectivity index (χ1) is 8.75. The van der Waals surface area contributed by atoms with Gasteiger partial charge in [-0.15, -0.1) is 0 Å². The SMILES string of the molecule is CC(/C=C\C/C=C\CCO)C(=O)c1ccccc1. The molecule has 18 heavy (non-hydrogen) atoms. The normalized spacial score (nSPS) is 13.2. The Balaban J connectivity index is 2.43. The molecule has 0 aromatic heterocycles. The van der Waals surface area contributed by atoms with E-state index in [0.717, 1.165) is 12.0 Å². The third-order valence-corrected chi connectivity index (χ3v) is 2.63. The summed E-state index contributed by atoms with van der Waals surface area (Å²) in [6.45, 7) is 2.09. The summed E-state index contributed by atoms with van der Waals surface area (Å²) >= 11 is 0. The van der Waals surface area contributed by atoms with Crippen LogP contribution >= 0.6 is 0 Å². The summed E-state index contributed by atoms with van der Waals surface area (Å²) < 4.78 is 0. The minimum atomic E-state index is -0.0985. The molecule has 1 rings (SSSR count). The number of benzene rings is 1. The van der Waals surface area contributed by atoms with Gasteiger partial charge in [-0.1, -0.05) is 61.6 Å². The maximum atomic E-state index is 12.0. The first-order valence-electron chi connectivity index (χ1n) is 6.27. The van der Waals surface area contributed by atoms with E-state index >= 15 is 0 Å². The minimum absolute atomic E-state index is 0.0985. The van der Waals surface area contributed by atoms with Crippen LogP contribution in [-0.4, -0.2) is 17.5 Å². The third-order valence-electron chi connectivity index (χ3n) is 2.63. The third kappa shape index (κ3) is 5.11. The fraction of sp³-hybridized carbons (Fsp3) is 0.312. The van der Waals surface area contributed by atoms with Crippen LogP contribution in [0.2, 0.25) is 0 Å². The maximum absolute atomic E-state index is 12.0. The smallest absolute Gasteiger partial charge is 0.169 e. The summed E-state index contributed by atoms with van der Waals surface area (Å²) in [7, 11) is 0. The topological polar surface area (TPSA) is 37.3 Å². The van der Waals surface area contributed by atoms with Crippen molar-refractivity contribution in [3.05, 3.63) is 60.2 Å². The monoisotopic (exact) mass is 244 g/mol. The van der Waals surface area contributed by atoms with Crippen molar-refractivity contribution in [2.45, 2.75) is 19.8 Å². The first kappa shape index (κ1) is 14.4. The molecule has 2 nitrogen and oxygen atoms in total. The van der Waals surface area contributed by atoms with E-state index in [9.17, 15) is 4.79 Å². The Morgan fingerprint density at radius 3 is 2.61 bits per heavy atom. The summed E-state index contributed by atoms with van der Waals surface area (Å²) in [6.07, 6.45) is 9.33. The fourth-order valence-corrected chi connectivity index (χ4v) is 1.60. The highest BCUT2D eigenvalue weighted by Crippen LogP contribution is 2.10. The quantitative estimate of drug-likeness (QED) is 0.589. The molecule has 0 heterocycles. The largest absolute Gasteiger partial charge is 0.396 e. The van der Waals surface area contributed by atoms with Gasteiger partial charge in [0, 0.05) is 18.1 Å². The van der Waals surface area contributed by atoms with Crippen LogP contribution < -0.4 is 0 Å². The molecule has 0 aliphatic carbocycles. The van der Waals surface area contributed by atoms with Gasteiger partial charge in [-0.2, -0.15) is 0 Å². The average molecular weight is 244 g/mol. The van der Waals surface area contributed by atoms with E-state index in [1.807, 2.05) is 61.6 Å². The van der Waals surface area contributed by atoms with Gasteiger partial charge in [-0.05, 0) is 12.8 Å². The minimum Gasteiger partial charge on any atom is -0.396 e. The van der Waals surface area contributed by atoms with Gasteiger partial charge in [0.1, 0.15) is 0 Å². The number of hydrogen-bond acceptors (Lipinski definition) is 2. The second kappa shape index (κ2) is 8.43. The van der Waals surface area contributed by atoms with Crippen LogP contribution in [0, 0.1) is 5.92 Å². The lowest BCUT2D eigenvalue weighted by Crippen LogP contribution is -2.08. The molecule has 0 saturated heterocycles. The zero-order valence-corrected chi connectivity index (χ0v) is 10.8. The van der Waals surface area contributed by atoms with Gasteiger partial charge in [-0.25, -0.2) is 0 Å². The highest BCUT2D eigenvalue weighted by Gasteiger charge is 2.10. The molecular formula is C16H20O2. The maximum Gasteiger partial charge on any atom is 0.169 e. The molecule has 0 spiro atoms. The van der Waals surface area contributed by atoms with Crippen molar-refractivity contribution >= 4 is 5.78 Å². The molecule has 0 amide bonds. The number of allylic oxidation sites excluding steroid dienone is 3. The van der Waals surface area contributed by atoms with Gasteiger partial charge >= 0.3 is 0 Å². The Morgan fingerprint density at radius 2 is 1.94 bits per heavy atom. The van der Waals surface area contributed by atoms with E-state index in [4.69, 9.17) is 5.11 Å². The molecule has 0 aliphatic rings. The predicted molar refractivity (Wildman–Crippen MR) is 74.5 cm³/mol. The number of ketones is 1. The number of hydrogen-bond donors (Lipinski definition) is 1. The molecule has 1 unspecified atom stereocenters. The zero-order valence-electron chi connectivity index (χ0n) is 10.8. The fourth-order valence-electron chi connectivity index (χ4n) is 1.60. The van der Waals surface area contributed by atoms with Gasteiger partial charge in [0.15, 0.2) is 5.78 Å². The van der Waals surface area contributed by atoms with Crippen molar-refractivity contribution in [2.24, 2.45) is 5.92 Å². The zero-order chi connectivity index (χ0) is 13.2. The van der Waals surface area contributed by atoms with Gasteiger partial charge in [0.05, 0.1) is 0 Å². The second-order valence-electron chi connectivity index (χ2n) is 4.17. The summed E-state index contributed by atoms with van der Waals surface area (Å²) in [4.78, 5) is 12.0. The number of carbonyl (C=O) groups excluding carboxylic acids is 1. The summed E-state index contributed by atoms with van der Waals surface area (Å²) in [6, 6.07) is 9.34. The van der Waals surface area contributed by atoms with Gasteiger partial charge in [-0.3, -0.25) is 4.79 Å². The van der Waals surface area contributed by atoms with Crippen LogP contribution in [0.1, 0.15) is 30.1 Å². The van der Waals surface area contributed by atoms with Crippen LogP contribution in [0.15, 0.2) is 54.6 Å². The standard InChI is InChI=1S/C16H20O2/c1-14(10-6-3-2-4-9-13-17)16(18)15-11-7-5-8-12-15/h2,4-8,10-12,14,17H,3,9,13H2,1H3/b4-2-,10-6-. The Morgan fingerprint density at radius 1 is 1.22 bits per heavy atom. The number of rotatable bonds is 7. The van der Waals surface area contributed by atoms with Crippen molar-refractivity contribution < 1.29 is 9.90 Å². The molecule has 1 aromatic carbocycles. The van der Waals surface area contributed by atoms with Crippen LogP contribution in [0.25, 0.3) is 0 Å². The van der Waals surface area contributed by atoms with E-state index in [0.29, 0.717) is 6.42 Å². The molecule has 0 bridgehead atoms. The van der Waals surface area contributed by atoms with E-state index in [1.165, 1.54) is 0 Å². The number of aliphatic hydroxyl groups is 1. The van der Waals surface area contributed by atoms with E-state index in [-0.39, 0.29) is 18.3 Å². The summed E-state index contributed by atoms with van der Waals surface area (Å²) in [5.41, 5.74) is 0.755. The molecule has 1 atom stereocenters. The number of carbonyl (C=O) groups is 1. The highest BCUT2D eigenvalue weighted by atomic mass is 16.2. The van der Waals surface area contributed by atoms with Crippen molar-refractivity contribution in [1.82, 2.24) is 0 Å². The molecule has 96 valence electrons. The van der Waals surface area contributed by atoms with Crippen molar-refractivity contribution in [3.8, 4) is 0 Å². The predicted octanol–water partition coefficient (Wildman–Crippen LogP) is 3.39. The lowest BCUT2D eigenvalue weighted by atomic mass is 9.99. The Hall–Kier alpha value is -1.67. The highest BCUT2D eigenvalue weighted by molar-refractivity contribution is 5.98. The first-order valence-corrected chi connectivity index (χ1v) is 6.27. The summed E-state index contributed by atoms with van der Waals surface area (Å²) in [5, 5.41) is 8.60. The van der Waals surface area contributed by atoms with Crippen LogP contribution in [0.4, 0.5) is 0 Å². The van der Waals surface area contributed by atoms with Gasteiger partial charge < -0.3 is 5.11 Å². The van der Waals surface area contributed by atoms with Crippen molar-refractivity contribution in [1.29, 1.82) is 0 Å².